The zero-order chi connectivity index (χ0) is 13.3. The molecule has 0 bridgehead atoms. The summed E-state index contributed by atoms with van der Waals surface area (Å²) in [6.07, 6.45) is -2.28. The van der Waals surface area contributed by atoms with E-state index in [0.717, 1.165) is 6.20 Å². The number of hydrogen-bond acceptors (Lipinski definition) is 2. The first kappa shape index (κ1) is 12.1. The molecule has 0 unspecified atom stereocenters. The molecular weight excluding hydrogens is 245 g/mol. The second-order valence-corrected chi connectivity index (χ2v) is 3.57. The molecule has 0 saturated heterocycles. The quantitative estimate of drug-likeness (QED) is 0.731. The lowest BCUT2D eigenvalue weighted by molar-refractivity contribution is -0.140. The molecule has 0 aliphatic carbocycles. The van der Waals surface area contributed by atoms with Crippen molar-refractivity contribution in [1.82, 2.24) is 14.5 Å². The molecule has 2 rings (SSSR count). The van der Waals surface area contributed by atoms with Crippen molar-refractivity contribution < 1.29 is 13.2 Å². The van der Waals surface area contributed by atoms with E-state index in [0.29, 0.717) is 11.4 Å². The Morgan fingerprint density at radius 2 is 2.06 bits per heavy atom. The van der Waals surface area contributed by atoms with E-state index >= 15 is 0 Å². The van der Waals surface area contributed by atoms with E-state index in [1.54, 1.807) is 0 Å². The number of aryl methyl sites for hydroxylation is 1. The van der Waals surface area contributed by atoms with Gasteiger partial charge in [0.05, 0.1) is 6.57 Å². The smallest absolute Gasteiger partial charge is 0.332 e. The average Bonchev–Trinajstić information content (AvgIpc) is 2.71. The Morgan fingerprint density at radius 1 is 1.33 bits per heavy atom. The van der Waals surface area contributed by atoms with E-state index in [9.17, 15) is 13.2 Å². The van der Waals surface area contributed by atoms with Crippen LogP contribution < -0.4 is 0 Å². The fourth-order valence-corrected chi connectivity index (χ4v) is 1.43. The highest BCUT2D eigenvalue weighted by Gasteiger charge is 2.34. The molecule has 18 heavy (non-hydrogen) atoms. The number of alkyl halides is 3. The molecule has 0 fully saturated rings. The first-order valence-electron chi connectivity index (χ1n) is 4.86. The van der Waals surface area contributed by atoms with Crippen LogP contribution in [0.1, 0.15) is 5.69 Å². The Labute approximate surface area is 101 Å². The van der Waals surface area contributed by atoms with Crippen LogP contribution in [0.5, 0.6) is 0 Å². The number of halogens is 3. The lowest BCUT2D eigenvalue weighted by Gasteiger charge is -2.00. The molecule has 7 heteroatoms. The summed E-state index contributed by atoms with van der Waals surface area (Å²) in [5.74, 6) is 0.110. The molecule has 0 radical (unpaired) electrons. The monoisotopic (exact) mass is 252 g/mol. The lowest BCUT2D eigenvalue weighted by atomic mass is 10.3. The van der Waals surface area contributed by atoms with Gasteiger partial charge in [-0.3, -0.25) is 4.98 Å². The minimum absolute atomic E-state index is 0.110. The van der Waals surface area contributed by atoms with Crippen LogP contribution in [0.3, 0.4) is 0 Å². The van der Waals surface area contributed by atoms with Crippen LogP contribution in [0.2, 0.25) is 0 Å². The lowest BCUT2D eigenvalue weighted by Crippen LogP contribution is -2.04. The number of nitrogens with zero attached hydrogens (tertiary/aromatic N) is 4. The minimum atomic E-state index is -4.48. The van der Waals surface area contributed by atoms with Gasteiger partial charge < -0.3 is 4.57 Å². The average molecular weight is 252 g/mol. The van der Waals surface area contributed by atoms with Gasteiger partial charge in [-0.05, 0) is 6.07 Å². The van der Waals surface area contributed by atoms with Gasteiger partial charge in [-0.2, -0.15) is 13.2 Å². The van der Waals surface area contributed by atoms with E-state index in [1.165, 1.54) is 29.9 Å². The number of aromatic nitrogens is 3. The summed E-state index contributed by atoms with van der Waals surface area (Å²) in [7, 11) is 1.46. The van der Waals surface area contributed by atoms with Gasteiger partial charge in [-0.25, -0.2) is 9.83 Å². The van der Waals surface area contributed by atoms with Crippen LogP contribution in [-0.2, 0) is 13.2 Å². The van der Waals surface area contributed by atoms with Gasteiger partial charge in [0.1, 0.15) is 5.69 Å². The SMILES string of the molecule is [C-]#[N+]c1ccc(-c2nc(C(F)(F)F)cn2C)nc1. The molecule has 0 saturated carbocycles. The zero-order valence-electron chi connectivity index (χ0n) is 9.23. The van der Waals surface area contributed by atoms with Crippen LogP contribution in [0, 0.1) is 6.57 Å². The topological polar surface area (TPSA) is 35.1 Å². The Hall–Kier alpha value is -2.36. The third-order valence-corrected chi connectivity index (χ3v) is 2.27. The summed E-state index contributed by atoms with van der Waals surface area (Å²) in [5.41, 5.74) is -0.347. The summed E-state index contributed by atoms with van der Waals surface area (Å²) in [4.78, 5) is 10.6. The highest BCUT2D eigenvalue weighted by molar-refractivity contribution is 5.55. The number of imidazole rings is 1. The van der Waals surface area contributed by atoms with E-state index in [1.807, 2.05) is 0 Å². The van der Waals surface area contributed by atoms with Crippen LogP contribution in [-0.4, -0.2) is 14.5 Å². The molecule has 2 aromatic heterocycles. The maximum atomic E-state index is 12.5. The van der Waals surface area contributed by atoms with E-state index < -0.39 is 11.9 Å². The van der Waals surface area contributed by atoms with Crippen molar-refractivity contribution in [3.63, 3.8) is 0 Å². The van der Waals surface area contributed by atoms with Crippen LogP contribution >= 0.6 is 0 Å². The molecule has 0 aromatic carbocycles. The predicted molar refractivity (Wildman–Crippen MR) is 57.7 cm³/mol. The summed E-state index contributed by atoms with van der Waals surface area (Å²) in [6, 6.07) is 2.95. The van der Waals surface area contributed by atoms with Crippen molar-refractivity contribution >= 4 is 5.69 Å². The maximum Gasteiger partial charge on any atom is 0.434 e. The van der Waals surface area contributed by atoms with Gasteiger partial charge in [0, 0.05) is 19.4 Å². The van der Waals surface area contributed by atoms with E-state index in [2.05, 4.69) is 14.8 Å². The van der Waals surface area contributed by atoms with E-state index in [4.69, 9.17) is 6.57 Å². The molecular formula is C11H7F3N4. The Morgan fingerprint density at radius 3 is 2.50 bits per heavy atom. The summed E-state index contributed by atoms with van der Waals surface area (Å²) in [5, 5.41) is 0. The van der Waals surface area contributed by atoms with Gasteiger partial charge in [-0.15, -0.1) is 0 Å². The summed E-state index contributed by atoms with van der Waals surface area (Å²) >= 11 is 0. The highest BCUT2D eigenvalue weighted by Crippen LogP contribution is 2.30. The number of rotatable bonds is 1. The minimum Gasteiger partial charge on any atom is -0.332 e. The molecule has 2 heterocycles. The molecule has 0 aliphatic rings. The molecule has 2 aromatic rings. The second kappa shape index (κ2) is 4.14. The number of hydrogen-bond donors (Lipinski definition) is 0. The molecule has 0 N–H and O–H groups in total. The summed E-state index contributed by atoms with van der Waals surface area (Å²) in [6.45, 7) is 6.76. The summed E-state index contributed by atoms with van der Waals surface area (Å²) < 4.78 is 38.7. The van der Waals surface area contributed by atoms with Crippen molar-refractivity contribution in [3.8, 4) is 11.5 Å². The second-order valence-electron chi connectivity index (χ2n) is 3.57. The molecule has 0 amide bonds. The van der Waals surface area contributed by atoms with Crippen LogP contribution in [0.25, 0.3) is 16.4 Å². The molecule has 4 nitrogen and oxygen atoms in total. The van der Waals surface area contributed by atoms with Gasteiger partial charge in [-0.1, -0.05) is 6.07 Å². The maximum absolute atomic E-state index is 12.5. The number of pyridine rings is 1. The molecule has 0 atom stereocenters. The molecule has 0 aliphatic heterocycles. The molecule has 92 valence electrons. The molecule has 0 spiro atoms. The van der Waals surface area contributed by atoms with Gasteiger partial charge in [0.25, 0.3) is 0 Å². The fourth-order valence-electron chi connectivity index (χ4n) is 1.43. The van der Waals surface area contributed by atoms with Gasteiger partial charge in [0.2, 0.25) is 5.69 Å². The van der Waals surface area contributed by atoms with Gasteiger partial charge in [0.15, 0.2) is 11.5 Å². The van der Waals surface area contributed by atoms with Crippen molar-refractivity contribution in [2.24, 2.45) is 7.05 Å². The Balaban J connectivity index is 2.45. The standard InChI is InChI=1S/C11H7F3N4/c1-15-7-3-4-8(16-5-7)10-17-9(6-18(10)2)11(12,13)14/h3-6H,2H3. The zero-order valence-corrected chi connectivity index (χ0v) is 9.23. The van der Waals surface area contributed by atoms with Crippen LogP contribution in [0.15, 0.2) is 24.5 Å². The first-order valence-corrected chi connectivity index (χ1v) is 4.86. The van der Waals surface area contributed by atoms with Crippen molar-refractivity contribution in [2.45, 2.75) is 6.18 Å². The third-order valence-electron chi connectivity index (χ3n) is 2.27. The van der Waals surface area contributed by atoms with Crippen molar-refractivity contribution in [3.05, 3.63) is 41.6 Å². The van der Waals surface area contributed by atoms with E-state index in [-0.39, 0.29) is 5.82 Å². The highest BCUT2D eigenvalue weighted by atomic mass is 19.4. The van der Waals surface area contributed by atoms with Crippen molar-refractivity contribution in [1.29, 1.82) is 0 Å². The Bertz CT molecular complexity index is 605. The fraction of sp³-hybridized carbons (Fsp3) is 0.182. The largest absolute Gasteiger partial charge is 0.434 e. The Kier molecular flexibility index (Phi) is 2.79. The normalized spacial score (nSPS) is 11.3. The van der Waals surface area contributed by atoms with Gasteiger partial charge >= 0.3 is 6.18 Å². The first-order chi connectivity index (χ1) is 8.41. The predicted octanol–water partition coefficient (Wildman–Crippen LogP) is 3.05. The van der Waals surface area contributed by atoms with Crippen molar-refractivity contribution in [2.75, 3.05) is 0 Å². The van der Waals surface area contributed by atoms with Crippen LogP contribution in [0.4, 0.5) is 18.9 Å². The third kappa shape index (κ3) is 2.18.